The van der Waals surface area contributed by atoms with E-state index in [1.807, 2.05) is 12.1 Å². The molecule has 0 bridgehead atoms. The predicted molar refractivity (Wildman–Crippen MR) is 48.3 cm³/mol. The molecule has 1 heterocycles. The lowest BCUT2D eigenvalue weighted by Gasteiger charge is -1.90. The second-order valence-electron chi connectivity index (χ2n) is 2.26. The molecular formula is C8H9ClOS. The summed E-state index contributed by atoms with van der Waals surface area (Å²) in [5.74, 6) is 0. The van der Waals surface area contributed by atoms with E-state index < -0.39 is 0 Å². The Labute approximate surface area is 75.0 Å². The average molecular weight is 189 g/mol. The van der Waals surface area contributed by atoms with Crippen molar-refractivity contribution in [3.63, 3.8) is 0 Å². The number of aldehydes is 1. The zero-order chi connectivity index (χ0) is 8.10. The molecule has 0 saturated carbocycles. The Kier molecular flexibility index (Phi) is 3.60. The van der Waals surface area contributed by atoms with Gasteiger partial charge in [-0.15, -0.1) is 11.3 Å². The second-order valence-corrected chi connectivity index (χ2v) is 4.06. The maximum Gasteiger partial charge on any atom is 0.120 e. The Hall–Kier alpha value is -0.340. The molecule has 3 heteroatoms. The van der Waals surface area contributed by atoms with Gasteiger partial charge in [0, 0.05) is 11.3 Å². The summed E-state index contributed by atoms with van der Waals surface area (Å²) in [7, 11) is 0. The summed E-state index contributed by atoms with van der Waals surface area (Å²) in [5, 5.41) is 0. The van der Waals surface area contributed by atoms with Crippen LogP contribution in [0.5, 0.6) is 0 Å². The largest absolute Gasteiger partial charge is 0.303 e. The Bertz CT molecular complexity index is 232. The maximum absolute atomic E-state index is 9.98. The van der Waals surface area contributed by atoms with Gasteiger partial charge in [-0.25, -0.2) is 0 Å². The van der Waals surface area contributed by atoms with Crippen LogP contribution < -0.4 is 0 Å². The average Bonchev–Trinajstić information content (AvgIpc) is 2.37. The molecule has 60 valence electrons. The van der Waals surface area contributed by atoms with Gasteiger partial charge in [0.1, 0.15) is 6.29 Å². The van der Waals surface area contributed by atoms with Gasteiger partial charge in [-0.2, -0.15) is 0 Å². The molecule has 0 saturated heterocycles. The lowest BCUT2D eigenvalue weighted by atomic mass is 10.2. The highest BCUT2D eigenvalue weighted by Gasteiger charge is 1.96. The van der Waals surface area contributed by atoms with Crippen molar-refractivity contribution in [1.29, 1.82) is 0 Å². The maximum atomic E-state index is 9.98. The van der Waals surface area contributed by atoms with E-state index in [2.05, 4.69) is 0 Å². The van der Waals surface area contributed by atoms with Crippen molar-refractivity contribution < 1.29 is 4.79 Å². The van der Waals surface area contributed by atoms with E-state index >= 15 is 0 Å². The summed E-state index contributed by atoms with van der Waals surface area (Å²) in [6, 6.07) is 3.90. The molecule has 0 aliphatic rings. The van der Waals surface area contributed by atoms with Crippen LogP contribution in [0.25, 0.3) is 0 Å². The molecule has 0 aromatic carbocycles. The molecule has 0 aliphatic carbocycles. The van der Waals surface area contributed by atoms with Crippen molar-refractivity contribution in [3.05, 3.63) is 21.3 Å². The smallest absolute Gasteiger partial charge is 0.120 e. The van der Waals surface area contributed by atoms with E-state index in [1.165, 1.54) is 4.88 Å². The van der Waals surface area contributed by atoms with Gasteiger partial charge < -0.3 is 4.79 Å². The summed E-state index contributed by atoms with van der Waals surface area (Å²) < 4.78 is 0.825. The Morgan fingerprint density at radius 2 is 2.36 bits per heavy atom. The van der Waals surface area contributed by atoms with Crippen molar-refractivity contribution in [1.82, 2.24) is 0 Å². The van der Waals surface area contributed by atoms with Gasteiger partial charge in [0.15, 0.2) is 0 Å². The third kappa shape index (κ3) is 3.04. The lowest BCUT2D eigenvalue weighted by molar-refractivity contribution is -0.107. The zero-order valence-electron chi connectivity index (χ0n) is 6.05. The minimum atomic E-state index is 0.648. The second kappa shape index (κ2) is 4.52. The Morgan fingerprint density at radius 3 is 2.91 bits per heavy atom. The van der Waals surface area contributed by atoms with Gasteiger partial charge >= 0.3 is 0 Å². The van der Waals surface area contributed by atoms with Crippen molar-refractivity contribution in [2.24, 2.45) is 0 Å². The van der Waals surface area contributed by atoms with Crippen LogP contribution in [0, 0.1) is 0 Å². The highest BCUT2D eigenvalue weighted by molar-refractivity contribution is 7.16. The van der Waals surface area contributed by atoms with Crippen LogP contribution in [-0.2, 0) is 11.2 Å². The Balaban J connectivity index is 2.32. The van der Waals surface area contributed by atoms with E-state index in [0.29, 0.717) is 6.42 Å². The van der Waals surface area contributed by atoms with Gasteiger partial charge in [-0.05, 0) is 25.0 Å². The van der Waals surface area contributed by atoms with Crippen LogP contribution in [0.4, 0.5) is 0 Å². The molecule has 0 spiro atoms. The molecule has 1 nitrogen and oxygen atoms in total. The fourth-order valence-corrected chi connectivity index (χ4v) is 1.98. The minimum Gasteiger partial charge on any atom is -0.303 e. The molecule has 0 unspecified atom stereocenters. The van der Waals surface area contributed by atoms with Crippen LogP contribution in [-0.4, -0.2) is 6.29 Å². The number of rotatable bonds is 4. The van der Waals surface area contributed by atoms with Crippen LogP contribution in [0.2, 0.25) is 4.34 Å². The molecule has 0 fully saturated rings. The molecule has 0 radical (unpaired) electrons. The summed E-state index contributed by atoms with van der Waals surface area (Å²) in [6.45, 7) is 0. The standard InChI is InChI=1S/C8H9ClOS/c9-8-5-4-7(11-8)3-1-2-6-10/h4-6H,1-3H2. The van der Waals surface area contributed by atoms with Crippen LogP contribution in [0.15, 0.2) is 12.1 Å². The van der Waals surface area contributed by atoms with Gasteiger partial charge in [0.05, 0.1) is 4.34 Å². The molecular weight excluding hydrogens is 180 g/mol. The molecule has 0 N–H and O–H groups in total. The highest BCUT2D eigenvalue weighted by Crippen LogP contribution is 2.22. The van der Waals surface area contributed by atoms with Gasteiger partial charge in [-0.1, -0.05) is 11.6 Å². The number of unbranched alkanes of at least 4 members (excludes halogenated alkanes) is 1. The fraction of sp³-hybridized carbons (Fsp3) is 0.375. The first-order chi connectivity index (χ1) is 5.33. The number of carbonyl (C=O) groups excluding carboxylic acids is 1. The first-order valence-electron chi connectivity index (χ1n) is 3.51. The number of thiophene rings is 1. The van der Waals surface area contributed by atoms with Crippen molar-refractivity contribution in [3.8, 4) is 0 Å². The van der Waals surface area contributed by atoms with E-state index in [1.54, 1.807) is 11.3 Å². The lowest BCUT2D eigenvalue weighted by Crippen LogP contribution is -1.80. The molecule has 0 aliphatic heterocycles. The van der Waals surface area contributed by atoms with Crippen molar-refractivity contribution in [2.75, 3.05) is 0 Å². The van der Waals surface area contributed by atoms with Gasteiger partial charge in [-0.3, -0.25) is 0 Å². The molecule has 0 atom stereocenters. The molecule has 0 amide bonds. The molecule has 1 rings (SSSR count). The summed E-state index contributed by atoms with van der Waals surface area (Å²) >= 11 is 7.31. The van der Waals surface area contributed by atoms with E-state index in [4.69, 9.17) is 11.6 Å². The van der Waals surface area contributed by atoms with Crippen LogP contribution >= 0.6 is 22.9 Å². The third-order valence-electron chi connectivity index (χ3n) is 1.37. The minimum absolute atomic E-state index is 0.648. The summed E-state index contributed by atoms with van der Waals surface area (Å²) in [5.41, 5.74) is 0. The SMILES string of the molecule is O=CCCCc1ccc(Cl)s1. The normalized spacial score (nSPS) is 9.91. The third-order valence-corrected chi connectivity index (χ3v) is 2.66. The van der Waals surface area contributed by atoms with Gasteiger partial charge in [0.2, 0.25) is 0 Å². The van der Waals surface area contributed by atoms with E-state index in [9.17, 15) is 4.79 Å². The molecule has 11 heavy (non-hydrogen) atoms. The van der Waals surface area contributed by atoms with Crippen molar-refractivity contribution in [2.45, 2.75) is 19.3 Å². The summed E-state index contributed by atoms with van der Waals surface area (Å²) in [4.78, 5) is 11.2. The first-order valence-corrected chi connectivity index (χ1v) is 4.70. The topological polar surface area (TPSA) is 17.1 Å². The number of halogens is 1. The van der Waals surface area contributed by atoms with E-state index in [-0.39, 0.29) is 0 Å². The Morgan fingerprint density at radius 1 is 1.55 bits per heavy atom. The van der Waals surface area contributed by atoms with Crippen molar-refractivity contribution >= 4 is 29.2 Å². The van der Waals surface area contributed by atoms with E-state index in [0.717, 1.165) is 23.5 Å². The number of carbonyl (C=O) groups is 1. The van der Waals surface area contributed by atoms with Crippen LogP contribution in [0.1, 0.15) is 17.7 Å². The number of aryl methyl sites for hydroxylation is 1. The predicted octanol–water partition coefficient (Wildman–Crippen LogP) is 2.92. The molecule has 1 aromatic rings. The summed E-state index contributed by atoms with van der Waals surface area (Å²) in [6.07, 6.45) is 3.50. The monoisotopic (exact) mass is 188 g/mol. The number of hydrogen-bond acceptors (Lipinski definition) is 2. The molecule has 1 aromatic heterocycles. The van der Waals surface area contributed by atoms with Gasteiger partial charge in [0.25, 0.3) is 0 Å². The van der Waals surface area contributed by atoms with Crippen LogP contribution in [0.3, 0.4) is 0 Å². The number of hydrogen-bond donors (Lipinski definition) is 0. The first kappa shape index (κ1) is 8.75. The highest BCUT2D eigenvalue weighted by atomic mass is 35.5. The zero-order valence-corrected chi connectivity index (χ0v) is 7.62. The quantitative estimate of drug-likeness (QED) is 0.525. The fourth-order valence-electron chi connectivity index (χ4n) is 0.846.